The zero-order valence-electron chi connectivity index (χ0n) is 10.6. The number of hydrogen-bond acceptors (Lipinski definition) is 3. The lowest BCUT2D eigenvalue weighted by atomic mass is 10.1. The van der Waals surface area contributed by atoms with Crippen LogP contribution in [0, 0.1) is 0 Å². The van der Waals surface area contributed by atoms with Gasteiger partial charge in [-0.05, 0) is 32.0 Å². The highest BCUT2D eigenvalue weighted by Crippen LogP contribution is 2.28. The Hall–Kier alpha value is -1.03. The number of benzene rings is 1. The van der Waals surface area contributed by atoms with Crippen molar-refractivity contribution in [1.29, 1.82) is 0 Å². The second kappa shape index (κ2) is 6.94. The van der Waals surface area contributed by atoms with Gasteiger partial charge in [-0.25, -0.2) is 0 Å². The molecule has 1 aromatic heterocycles. The highest BCUT2D eigenvalue weighted by atomic mass is 35.5. The van der Waals surface area contributed by atoms with E-state index in [1.807, 2.05) is 24.3 Å². The van der Waals surface area contributed by atoms with Gasteiger partial charge >= 0.3 is 0 Å². The van der Waals surface area contributed by atoms with Gasteiger partial charge in [0.1, 0.15) is 11.3 Å². The van der Waals surface area contributed by atoms with Gasteiger partial charge in [0.05, 0.1) is 0 Å². The zero-order chi connectivity index (χ0) is 11.7. The van der Waals surface area contributed by atoms with Crippen molar-refractivity contribution < 1.29 is 5.11 Å². The maximum atomic E-state index is 10.2. The van der Waals surface area contributed by atoms with Gasteiger partial charge in [-0.2, -0.15) is 0 Å². The minimum atomic E-state index is 0. The van der Waals surface area contributed by atoms with Crippen molar-refractivity contribution in [1.82, 2.24) is 9.88 Å². The van der Waals surface area contributed by atoms with Gasteiger partial charge < -0.3 is 5.11 Å². The van der Waals surface area contributed by atoms with Crippen LogP contribution in [0.2, 0.25) is 0 Å². The van der Waals surface area contributed by atoms with E-state index in [0.29, 0.717) is 11.3 Å². The largest absolute Gasteiger partial charge is 0.505 e. The minimum Gasteiger partial charge on any atom is -0.505 e. The third-order valence-corrected chi connectivity index (χ3v) is 3.42. The van der Waals surface area contributed by atoms with E-state index in [2.05, 4.69) is 9.88 Å². The molecular formula is C14H18Cl2N2O. The molecule has 0 aliphatic carbocycles. The molecule has 0 atom stereocenters. The Kier molecular flexibility index (Phi) is 5.85. The Morgan fingerprint density at radius 3 is 2.58 bits per heavy atom. The van der Waals surface area contributed by atoms with E-state index in [9.17, 15) is 5.11 Å². The van der Waals surface area contributed by atoms with Crippen LogP contribution in [0.3, 0.4) is 0 Å². The second-order valence-corrected chi connectivity index (χ2v) is 4.63. The number of aromatic nitrogens is 1. The summed E-state index contributed by atoms with van der Waals surface area (Å²) >= 11 is 0. The van der Waals surface area contributed by atoms with Crippen LogP contribution in [-0.2, 0) is 6.54 Å². The Morgan fingerprint density at radius 2 is 1.84 bits per heavy atom. The number of aromatic hydroxyl groups is 1. The average Bonchev–Trinajstić information content (AvgIpc) is 2.86. The highest BCUT2D eigenvalue weighted by molar-refractivity contribution is 5.86. The van der Waals surface area contributed by atoms with Gasteiger partial charge in [0.2, 0.25) is 0 Å². The summed E-state index contributed by atoms with van der Waals surface area (Å²) in [5.41, 5.74) is 1.70. The van der Waals surface area contributed by atoms with Gasteiger partial charge in [-0.1, -0.05) is 18.2 Å². The van der Waals surface area contributed by atoms with E-state index in [4.69, 9.17) is 0 Å². The first-order chi connectivity index (χ1) is 8.34. The van der Waals surface area contributed by atoms with Crippen LogP contribution in [0.5, 0.6) is 5.75 Å². The smallest absolute Gasteiger partial charge is 0.146 e. The van der Waals surface area contributed by atoms with Crippen molar-refractivity contribution in [2.24, 2.45) is 0 Å². The molecule has 1 aliphatic heterocycles. The van der Waals surface area contributed by atoms with Gasteiger partial charge in [-0.3, -0.25) is 9.88 Å². The summed E-state index contributed by atoms with van der Waals surface area (Å²) in [5, 5.41) is 11.2. The van der Waals surface area contributed by atoms with Gasteiger partial charge in [0, 0.05) is 23.7 Å². The number of pyridine rings is 1. The number of nitrogens with zero attached hydrogens (tertiary/aromatic N) is 2. The van der Waals surface area contributed by atoms with E-state index in [-0.39, 0.29) is 24.8 Å². The molecule has 0 radical (unpaired) electrons. The molecule has 0 amide bonds. The van der Waals surface area contributed by atoms with Crippen molar-refractivity contribution in [2.45, 2.75) is 19.4 Å². The number of rotatable bonds is 2. The second-order valence-electron chi connectivity index (χ2n) is 4.63. The monoisotopic (exact) mass is 300 g/mol. The number of phenolic OH excluding ortho intramolecular Hbond substituents is 1. The number of halogens is 2. The Balaban J connectivity index is 0.000000902. The first-order valence-corrected chi connectivity index (χ1v) is 6.12. The third-order valence-electron chi connectivity index (χ3n) is 3.42. The molecule has 2 heterocycles. The normalized spacial score (nSPS) is 14.9. The lowest BCUT2D eigenvalue weighted by Crippen LogP contribution is -2.18. The predicted molar refractivity (Wildman–Crippen MR) is 82.4 cm³/mol. The standard InChI is InChI=1S/C14H16N2O.2ClH/c17-14-12(10-16-8-1-2-9-16)6-5-11-4-3-7-15-13(11)14;;/h3-7,17H,1-2,8-10H2;2*1H. The molecule has 1 aromatic carbocycles. The van der Waals surface area contributed by atoms with Crippen molar-refractivity contribution in [3.8, 4) is 5.75 Å². The first kappa shape index (κ1) is 16.0. The molecule has 3 rings (SSSR count). The van der Waals surface area contributed by atoms with E-state index < -0.39 is 0 Å². The summed E-state index contributed by atoms with van der Waals surface area (Å²) < 4.78 is 0. The Morgan fingerprint density at radius 1 is 1.11 bits per heavy atom. The summed E-state index contributed by atoms with van der Waals surface area (Å²) in [5.74, 6) is 0.343. The van der Waals surface area contributed by atoms with Crippen LogP contribution in [0.4, 0.5) is 0 Å². The number of fused-ring (bicyclic) bond motifs is 1. The number of likely N-dealkylation sites (tertiary alicyclic amines) is 1. The molecule has 0 saturated carbocycles. The van der Waals surface area contributed by atoms with E-state index in [0.717, 1.165) is 30.6 Å². The molecule has 0 unspecified atom stereocenters. The summed E-state index contributed by atoms with van der Waals surface area (Å²) in [7, 11) is 0. The topological polar surface area (TPSA) is 36.4 Å². The molecule has 2 aromatic rings. The minimum absolute atomic E-state index is 0. The first-order valence-electron chi connectivity index (χ1n) is 6.12. The van der Waals surface area contributed by atoms with Crippen molar-refractivity contribution in [3.63, 3.8) is 0 Å². The Labute approximate surface area is 125 Å². The lowest BCUT2D eigenvalue weighted by molar-refractivity contribution is 0.324. The third kappa shape index (κ3) is 3.30. The molecule has 0 bridgehead atoms. The SMILES string of the molecule is Cl.Cl.Oc1c(CN2CCCC2)ccc2cccnc12. The van der Waals surface area contributed by atoms with Crippen molar-refractivity contribution in [2.75, 3.05) is 13.1 Å². The molecule has 1 aliphatic rings. The van der Waals surface area contributed by atoms with Gasteiger partial charge in [-0.15, -0.1) is 24.8 Å². The fourth-order valence-electron chi connectivity index (χ4n) is 2.48. The van der Waals surface area contributed by atoms with Crippen LogP contribution >= 0.6 is 24.8 Å². The maximum absolute atomic E-state index is 10.2. The quantitative estimate of drug-likeness (QED) is 0.924. The summed E-state index contributed by atoms with van der Waals surface area (Å²) in [4.78, 5) is 6.63. The molecule has 1 saturated heterocycles. The van der Waals surface area contributed by atoms with E-state index in [1.54, 1.807) is 6.20 Å². The Bertz CT molecular complexity index is 542. The van der Waals surface area contributed by atoms with Gasteiger partial charge in [0.25, 0.3) is 0 Å². The molecular weight excluding hydrogens is 283 g/mol. The fourth-order valence-corrected chi connectivity index (χ4v) is 2.48. The maximum Gasteiger partial charge on any atom is 0.146 e. The van der Waals surface area contributed by atoms with Crippen LogP contribution < -0.4 is 0 Å². The molecule has 19 heavy (non-hydrogen) atoms. The lowest BCUT2D eigenvalue weighted by Gasteiger charge is -2.16. The van der Waals surface area contributed by atoms with Crippen molar-refractivity contribution >= 4 is 35.7 Å². The predicted octanol–water partition coefficient (Wildman–Crippen LogP) is 3.38. The molecule has 104 valence electrons. The number of phenols is 1. The molecule has 0 spiro atoms. The van der Waals surface area contributed by atoms with Crippen molar-refractivity contribution in [3.05, 3.63) is 36.0 Å². The van der Waals surface area contributed by atoms with Crippen LogP contribution in [0.25, 0.3) is 10.9 Å². The van der Waals surface area contributed by atoms with Gasteiger partial charge in [0.15, 0.2) is 0 Å². The fraction of sp³-hybridized carbons (Fsp3) is 0.357. The zero-order valence-corrected chi connectivity index (χ0v) is 12.2. The van der Waals surface area contributed by atoms with Crippen LogP contribution in [0.15, 0.2) is 30.5 Å². The highest BCUT2D eigenvalue weighted by Gasteiger charge is 2.15. The molecule has 1 N–H and O–H groups in total. The number of hydrogen-bond donors (Lipinski definition) is 1. The molecule has 3 nitrogen and oxygen atoms in total. The van der Waals surface area contributed by atoms with E-state index >= 15 is 0 Å². The summed E-state index contributed by atoms with van der Waals surface area (Å²) in [6.07, 6.45) is 4.26. The summed E-state index contributed by atoms with van der Waals surface area (Å²) in [6, 6.07) is 7.91. The summed E-state index contributed by atoms with van der Waals surface area (Å²) in [6.45, 7) is 3.11. The van der Waals surface area contributed by atoms with Crippen LogP contribution in [0.1, 0.15) is 18.4 Å². The molecule has 1 fully saturated rings. The molecule has 5 heteroatoms. The van der Waals surface area contributed by atoms with Crippen LogP contribution in [-0.4, -0.2) is 28.1 Å². The van der Waals surface area contributed by atoms with E-state index in [1.165, 1.54) is 12.8 Å². The average molecular weight is 301 g/mol.